The quantitative estimate of drug-likeness (QED) is 0.663. The molecule has 1 aromatic heterocycles. The van der Waals surface area contributed by atoms with E-state index in [1.807, 2.05) is 35.0 Å². The molecule has 3 unspecified atom stereocenters. The van der Waals surface area contributed by atoms with Gasteiger partial charge in [0.25, 0.3) is 0 Å². The van der Waals surface area contributed by atoms with Gasteiger partial charge in [-0.05, 0) is 86.7 Å². The summed E-state index contributed by atoms with van der Waals surface area (Å²) in [6.07, 6.45) is 10.1. The van der Waals surface area contributed by atoms with Crippen LogP contribution in [-0.2, 0) is 23.2 Å². The molecule has 2 aliphatic carbocycles. The van der Waals surface area contributed by atoms with E-state index in [2.05, 4.69) is 22.1 Å². The van der Waals surface area contributed by atoms with Crippen molar-refractivity contribution in [3.63, 3.8) is 0 Å². The molecule has 188 valence electrons. The van der Waals surface area contributed by atoms with Gasteiger partial charge in [0.15, 0.2) is 0 Å². The van der Waals surface area contributed by atoms with Crippen molar-refractivity contribution in [3.8, 4) is 5.75 Å². The maximum Gasteiger partial charge on any atom is 0.223 e. The molecular weight excluding hydrogens is 440 g/mol. The summed E-state index contributed by atoms with van der Waals surface area (Å²) in [5.41, 5.74) is 2.10. The van der Waals surface area contributed by atoms with Crippen LogP contribution < -0.4 is 4.74 Å². The third-order valence-electron chi connectivity index (χ3n) is 9.23. The van der Waals surface area contributed by atoms with Crippen molar-refractivity contribution in [2.45, 2.75) is 75.5 Å². The number of fused-ring (bicyclic) bond motifs is 1. The lowest BCUT2D eigenvalue weighted by molar-refractivity contribution is -0.153. The van der Waals surface area contributed by atoms with Crippen LogP contribution in [0.25, 0.3) is 0 Å². The largest absolute Gasteiger partial charge is 0.497 e. The number of hydrogen-bond donors (Lipinski definition) is 1. The summed E-state index contributed by atoms with van der Waals surface area (Å²) in [5, 5.41) is 17.0. The number of rotatable bonds is 7. The molecule has 2 saturated heterocycles. The summed E-state index contributed by atoms with van der Waals surface area (Å²) in [7, 11) is 1.69. The standard InChI is InChI=1S/C28H38N4O3/c1-20-17-29-32(18-20)11-3-10-30-13-9-28(34)25-14-22-6-7-23(35-2)15-24(22)27(28,16-26(30)33)8-12-31(25)19-21-4-5-21/h6-7,15,17-18,21,25,34H,3-5,8-14,16,19H2,1-2H3. The molecule has 35 heavy (non-hydrogen) atoms. The van der Waals surface area contributed by atoms with Gasteiger partial charge in [0.2, 0.25) is 5.91 Å². The fourth-order valence-corrected chi connectivity index (χ4v) is 7.15. The van der Waals surface area contributed by atoms with E-state index in [4.69, 9.17) is 4.74 Å². The number of benzene rings is 1. The Morgan fingerprint density at radius 2 is 2.06 bits per heavy atom. The number of aromatic nitrogens is 2. The molecular formula is C28H38N4O3. The fraction of sp³-hybridized carbons (Fsp3) is 0.643. The molecule has 3 heterocycles. The van der Waals surface area contributed by atoms with Gasteiger partial charge in [-0.15, -0.1) is 0 Å². The number of piperidine rings is 1. The summed E-state index contributed by atoms with van der Waals surface area (Å²) in [5.74, 6) is 1.75. The van der Waals surface area contributed by atoms with E-state index in [0.717, 1.165) is 61.7 Å². The first-order valence-corrected chi connectivity index (χ1v) is 13.3. The summed E-state index contributed by atoms with van der Waals surface area (Å²) in [6.45, 7) is 6.18. The Hall–Kier alpha value is -2.38. The van der Waals surface area contributed by atoms with Crippen LogP contribution in [0.3, 0.4) is 0 Å². The molecule has 2 bridgehead atoms. The average molecular weight is 479 g/mol. The number of aryl methyl sites for hydroxylation is 2. The molecule has 3 atom stereocenters. The highest BCUT2D eigenvalue weighted by molar-refractivity contribution is 5.79. The third kappa shape index (κ3) is 3.87. The molecule has 3 fully saturated rings. The second kappa shape index (κ2) is 8.63. The second-order valence-corrected chi connectivity index (χ2v) is 11.4. The fourth-order valence-electron chi connectivity index (χ4n) is 7.15. The molecule has 2 aliphatic heterocycles. The maximum atomic E-state index is 13.7. The van der Waals surface area contributed by atoms with Crippen LogP contribution in [0.4, 0.5) is 0 Å². The van der Waals surface area contributed by atoms with Gasteiger partial charge < -0.3 is 14.7 Å². The molecule has 0 spiro atoms. The minimum Gasteiger partial charge on any atom is -0.497 e. The molecule has 1 saturated carbocycles. The van der Waals surface area contributed by atoms with Crippen LogP contribution in [0.5, 0.6) is 5.75 Å². The van der Waals surface area contributed by atoms with E-state index in [0.29, 0.717) is 25.9 Å². The van der Waals surface area contributed by atoms with E-state index in [1.165, 1.54) is 18.4 Å². The van der Waals surface area contributed by atoms with Gasteiger partial charge in [-0.3, -0.25) is 14.4 Å². The van der Waals surface area contributed by atoms with Gasteiger partial charge in [-0.2, -0.15) is 5.10 Å². The number of nitrogens with zero attached hydrogens (tertiary/aromatic N) is 4. The molecule has 7 heteroatoms. The summed E-state index contributed by atoms with van der Waals surface area (Å²) in [4.78, 5) is 18.3. The Bertz CT molecular complexity index is 1110. The maximum absolute atomic E-state index is 13.7. The van der Waals surface area contributed by atoms with Crippen molar-refractivity contribution >= 4 is 5.91 Å². The van der Waals surface area contributed by atoms with Crippen molar-refractivity contribution in [1.82, 2.24) is 19.6 Å². The van der Waals surface area contributed by atoms with Crippen molar-refractivity contribution in [2.75, 3.05) is 33.3 Å². The van der Waals surface area contributed by atoms with Gasteiger partial charge >= 0.3 is 0 Å². The minimum atomic E-state index is -0.914. The summed E-state index contributed by atoms with van der Waals surface area (Å²) in [6, 6.07) is 6.37. The average Bonchev–Trinajstić information content (AvgIpc) is 3.59. The highest BCUT2D eigenvalue weighted by Crippen LogP contribution is 2.57. The molecule has 4 aliphatic rings. The van der Waals surface area contributed by atoms with E-state index < -0.39 is 11.0 Å². The second-order valence-electron chi connectivity index (χ2n) is 11.4. The smallest absolute Gasteiger partial charge is 0.223 e. The van der Waals surface area contributed by atoms with Gasteiger partial charge in [0.1, 0.15) is 5.75 Å². The summed E-state index contributed by atoms with van der Waals surface area (Å²) < 4.78 is 7.54. The molecule has 0 radical (unpaired) electrons. The third-order valence-corrected chi connectivity index (χ3v) is 9.23. The zero-order valence-electron chi connectivity index (χ0n) is 21.1. The molecule has 2 aromatic rings. The lowest BCUT2D eigenvalue weighted by Crippen LogP contribution is -2.71. The van der Waals surface area contributed by atoms with Crippen LogP contribution in [0.2, 0.25) is 0 Å². The molecule has 1 amide bonds. The number of amides is 1. The van der Waals surface area contributed by atoms with E-state index in [-0.39, 0.29) is 11.9 Å². The monoisotopic (exact) mass is 478 g/mol. The highest BCUT2D eigenvalue weighted by atomic mass is 16.5. The van der Waals surface area contributed by atoms with Crippen molar-refractivity contribution in [1.29, 1.82) is 0 Å². The zero-order chi connectivity index (χ0) is 24.2. The number of ether oxygens (including phenoxy) is 1. The normalized spacial score (nSPS) is 30.5. The van der Waals surface area contributed by atoms with Crippen LogP contribution in [0.15, 0.2) is 30.6 Å². The number of carbonyl (C=O) groups excluding carboxylic acids is 1. The predicted octanol–water partition coefficient (Wildman–Crippen LogP) is 2.92. The summed E-state index contributed by atoms with van der Waals surface area (Å²) >= 11 is 0. The number of carbonyl (C=O) groups is 1. The van der Waals surface area contributed by atoms with Crippen LogP contribution in [-0.4, -0.2) is 75.5 Å². The molecule has 1 N–H and O–H groups in total. The Morgan fingerprint density at radius 3 is 2.80 bits per heavy atom. The zero-order valence-corrected chi connectivity index (χ0v) is 21.1. The number of likely N-dealkylation sites (tertiary alicyclic amines) is 2. The van der Waals surface area contributed by atoms with Crippen molar-refractivity contribution < 1.29 is 14.6 Å². The number of hydrogen-bond acceptors (Lipinski definition) is 5. The first-order chi connectivity index (χ1) is 16.9. The number of aliphatic hydroxyl groups is 1. The van der Waals surface area contributed by atoms with Crippen LogP contribution in [0.1, 0.15) is 55.2 Å². The van der Waals surface area contributed by atoms with E-state index >= 15 is 0 Å². The molecule has 6 rings (SSSR count). The first-order valence-electron chi connectivity index (χ1n) is 13.3. The van der Waals surface area contributed by atoms with Crippen molar-refractivity contribution in [3.05, 3.63) is 47.3 Å². The molecule has 1 aromatic carbocycles. The predicted molar refractivity (Wildman–Crippen MR) is 133 cm³/mol. The Labute approximate surface area is 208 Å². The van der Waals surface area contributed by atoms with Crippen LogP contribution >= 0.6 is 0 Å². The van der Waals surface area contributed by atoms with Gasteiger partial charge in [-0.25, -0.2) is 0 Å². The molecule has 7 nitrogen and oxygen atoms in total. The van der Waals surface area contributed by atoms with Crippen molar-refractivity contribution in [2.24, 2.45) is 5.92 Å². The SMILES string of the molecule is COc1ccc2c(c1)C13CCN(CC4CC4)C(C2)C1(O)CCN(CCCn1cc(C)cn1)C(=O)C3. The van der Waals surface area contributed by atoms with Crippen LogP contribution in [0, 0.1) is 12.8 Å². The lowest BCUT2D eigenvalue weighted by Gasteiger charge is -2.61. The minimum absolute atomic E-state index is 0.0672. The van der Waals surface area contributed by atoms with E-state index in [9.17, 15) is 9.90 Å². The Balaban J connectivity index is 1.30. The van der Waals surface area contributed by atoms with Gasteiger partial charge in [0, 0.05) is 50.3 Å². The van der Waals surface area contributed by atoms with Gasteiger partial charge in [0.05, 0.1) is 18.9 Å². The van der Waals surface area contributed by atoms with E-state index in [1.54, 1.807) is 7.11 Å². The highest BCUT2D eigenvalue weighted by Gasteiger charge is 2.64. The topological polar surface area (TPSA) is 70.8 Å². The Morgan fingerprint density at radius 1 is 1.20 bits per heavy atom. The lowest BCUT2D eigenvalue weighted by atomic mass is 9.52. The first kappa shape index (κ1) is 23.0. The number of methoxy groups -OCH3 is 1. The van der Waals surface area contributed by atoms with Gasteiger partial charge in [-0.1, -0.05) is 6.07 Å². The Kier molecular flexibility index (Phi) is 5.68.